The average molecular weight is 236 g/mol. The van der Waals surface area contributed by atoms with Crippen molar-refractivity contribution in [1.29, 1.82) is 0 Å². The van der Waals surface area contributed by atoms with E-state index < -0.39 is 0 Å². The van der Waals surface area contributed by atoms with Gasteiger partial charge in [0, 0.05) is 12.4 Å². The smallest absolute Gasteiger partial charge is 0.0909 e. The maximum Gasteiger partial charge on any atom is 0.0909 e. The molecule has 0 saturated heterocycles. The van der Waals surface area contributed by atoms with E-state index in [1.54, 1.807) is 12.4 Å². The van der Waals surface area contributed by atoms with Gasteiger partial charge >= 0.3 is 0 Å². The quantitative estimate of drug-likeness (QED) is 0.738. The van der Waals surface area contributed by atoms with Crippen LogP contribution in [0.5, 0.6) is 0 Å². The number of rotatable bonds is 0. The second-order valence-corrected chi connectivity index (χ2v) is 4.51. The van der Waals surface area contributed by atoms with E-state index in [2.05, 4.69) is 32.8 Å². The second kappa shape index (κ2) is 3.57. The Bertz CT molecular complexity index is 640. The van der Waals surface area contributed by atoms with Crippen LogP contribution in [0.2, 0.25) is 0 Å². The lowest BCUT2D eigenvalue weighted by atomic mass is 10.0. The lowest BCUT2D eigenvalue weighted by molar-refractivity contribution is 0.989. The predicted octanol–water partition coefficient (Wildman–Crippen LogP) is 3.03. The van der Waals surface area contributed by atoms with E-state index in [0.29, 0.717) is 0 Å². The third kappa shape index (κ3) is 1.39. The predicted molar refractivity (Wildman–Crippen MR) is 72.2 cm³/mol. The number of fused-ring (bicyclic) bond motifs is 3. The molecule has 1 aliphatic carbocycles. The topological polar surface area (TPSA) is 49.8 Å². The number of hydrogen-bond donors (Lipinski definition) is 2. The molecule has 0 spiro atoms. The highest BCUT2D eigenvalue weighted by Crippen LogP contribution is 2.35. The van der Waals surface area contributed by atoms with Crippen LogP contribution in [-0.4, -0.2) is 9.97 Å². The van der Waals surface area contributed by atoms with Crippen LogP contribution in [-0.2, 0) is 0 Å². The molecule has 0 bridgehead atoms. The fourth-order valence-electron chi connectivity index (χ4n) is 2.42. The Labute approximate surface area is 104 Å². The molecule has 0 unspecified atom stereocenters. The van der Waals surface area contributed by atoms with Gasteiger partial charge in [-0.1, -0.05) is 12.2 Å². The highest BCUT2D eigenvalue weighted by atomic mass is 15.1. The Balaban J connectivity index is 1.90. The molecule has 2 N–H and O–H groups in total. The molecule has 18 heavy (non-hydrogen) atoms. The zero-order valence-corrected chi connectivity index (χ0v) is 9.77. The van der Waals surface area contributed by atoms with Crippen LogP contribution >= 0.6 is 0 Å². The van der Waals surface area contributed by atoms with Gasteiger partial charge < -0.3 is 10.6 Å². The molecule has 1 aliphatic heterocycles. The van der Waals surface area contributed by atoms with Gasteiger partial charge in [0.15, 0.2) is 0 Å². The normalized spacial score (nSPS) is 16.9. The molecule has 88 valence electrons. The largest absolute Gasteiger partial charge is 0.352 e. The number of anilines is 2. The summed E-state index contributed by atoms with van der Waals surface area (Å²) < 4.78 is 0. The monoisotopic (exact) mass is 236 g/mol. The molecule has 4 nitrogen and oxygen atoms in total. The van der Waals surface area contributed by atoms with E-state index in [-0.39, 0.29) is 0 Å². The summed E-state index contributed by atoms with van der Waals surface area (Å²) in [4.78, 5) is 8.66. The minimum absolute atomic E-state index is 0.911. The molecule has 2 heterocycles. The van der Waals surface area contributed by atoms with E-state index in [4.69, 9.17) is 0 Å². The number of aromatic nitrogens is 2. The van der Waals surface area contributed by atoms with Crippen molar-refractivity contribution in [2.45, 2.75) is 12.8 Å². The second-order valence-electron chi connectivity index (χ2n) is 4.51. The summed E-state index contributed by atoms with van der Waals surface area (Å²) in [5.41, 5.74) is 6.28. The van der Waals surface area contributed by atoms with Gasteiger partial charge in [-0.2, -0.15) is 0 Å². The van der Waals surface area contributed by atoms with Crippen LogP contribution in [0.25, 0.3) is 11.0 Å². The molecular formula is C14H12N4. The molecular weight excluding hydrogens is 224 g/mol. The summed E-state index contributed by atoms with van der Waals surface area (Å²) >= 11 is 0. The highest BCUT2D eigenvalue weighted by molar-refractivity contribution is 5.90. The number of nitrogens with zero attached hydrogens (tertiary/aromatic N) is 2. The summed E-state index contributed by atoms with van der Waals surface area (Å²) in [7, 11) is 0. The first-order valence-corrected chi connectivity index (χ1v) is 6.10. The van der Waals surface area contributed by atoms with Crippen molar-refractivity contribution in [1.82, 2.24) is 9.97 Å². The van der Waals surface area contributed by atoms with Gasteiger partial charge in [0.05, 0.1) is 33.8 Å². The van der Waals surface area contributed by atoms with E-state index in [1.807, 2.05) is 12.1 Å². The maximum atomic E-state index is 4.33. The van der Waals surface area contributed by atoms with Gasteiger partial charge in [-0.05, 0) is 25.0 Å². The van der Waals surface area contributed by atoms with E-state index in [0.717, 1.165) is 46.6 Å². The maximum absolute atomic E-state index is 4.33. The average Bonchev–Trinajstić information content (AvgIpc) is 2.42. The zero-order valence-electron chi connectivity index (χ0n) is 9.77. The number of allylic oxidation sites excluding steroid dienone is 2. The summed E-state index contributed by atoms with van der Waals surface area (Å²) in [6, 6.07) is 4.08. The van der Waals surface area contributed by atoms with Crippen molar-refractivity contribution >= 4 is 22.4 Å². The fraction of sp³-hybridized carbons (Fsp3) is 0.143. The van der Waals surface area contributed by atoms with Crippen molar-refractivity contribution in [2.24, 2.45) is 0 Å². The molecule has 0 fully saturated rings. The first-order chi connectivity index (χ1) is 8.90. The van der Waals surface area contributed by atoms with Crippen molar-refractivity contribution in [3.63, 3.8) is 0 Å². The molecule has 2 aromatic rings. The number of nitrogens with one attached hydrogen (secondary N) is 2. The van der Waals surface area contributed by atoms with Gasteiger partial charge in [-0.15, -0.1) is 0 Å². The molecule has 0 amide bonds. The van der Waals surface area contributed by atoms with E-state index >= 15 is 0 Å². The van der Waals surface area contributed by atoms with Crippen LogP contribution < -0.4 is 10.6 Å². The summed E-state index contributed by atoms with van der Waals surface area (Å²) in [5.74, 6) is 0. The summed E-state index contributed by atoms with van der Waals surface area (Å²) in [6.07, 6.45) is 10.1. The number of benzene rings is 1. The molecule has 0 atom stereocenters. The van der Waals surface area contributed by atoms with E-state index in [1.165, 1.54) is 0 Å². The zero-order chi connectivity index (χ0) is 11.9. The van der Waals surface area contributed by atoms with Gasteiger partial charge in [0.2, 0.25) is 0 Å². The Kier molecular flexibility index (Phi) is 1.91. The highest BCUT2D eigenvalue weighted by Gasteiger charge is 2.18. The molecule has 2 aliphatic rings. The Morgan fingerprint density at radius 2 is 1.28 bits per heavy atom. The van der Waals surface area contributed by atoms with Crippen LogP contribution in [0.3, 0.4) is 0 Å². The van der Waals surface area contributed by atoms with Gasteiger partial charge in [0.1, 0.15) is 0 Å². The Morgan fingerprint density at radius 1 is 0.778 bits per heavy atom. The number of hydrogen-bond acceptors (Lipinski definition) is 4. The molecule has 4 heteroatoms. The molecule has 4 rings (SSSR count). The van der Waals surface area contributed by atoms with E-state index in [9.17, 15) is 0 Å². The lowest BCUT2D eigenvalue weighted by Gasteiger charge is -2.27. The minimum atomic E-state index is 0.911. The lowest BCUT2D eigenvalue weighted by Crippen LogP contribution is -2.18. The molecule has 0 radical (unpaired) electrons. The van der Waals surface area contributed by atoms with Gasteiger partial charge in [-0.3, -0.25) is 9.97 Å². The Hall–Kier alpha value is -2.36. The fourth-order valence-corrected chi connectivity index (χ4v) is 2.42. The van der Waals surface area contributed by atoms with Crippen molar-refractivity contribution in [3.8, 4) is 0 Å². The third-order valence-corrected chi connectivity index (χ3v) is 3.30. The van der Waals surface area contributed by atoms with Crippen molar-refractivity contribution in [3.05, 3.63) is 48.1 Å². The van der Waals surface area contributed by atoms with Crippen LogP contribution in [0.1, 0.15) is 12.8 Å². The molecule has 1 aromatic heterocycles. The van der Waals surface area contributed by atoms with Gasteiger partial charge in [0.25, 0.3) is 0 Å². The molecule has 0 saturated carbocycles. The van der Waals surface area contributed by atoms with Crippen LogP contribution in [0.4, 0.5) is 11.4 Å². The first-order valence-electron chi connectivity index (χ1n) is 6.10. The third-order valence-electron chi connectivity index (χ3n) is 3.30. The van der Waals surface area contributed by atoms with Crippen molar-refractivity contribution < 1.29 is 0 Å². The standard InChI is InChI=1S/C14H12N4/c1-2-4-10-9(3-1)17-13-7-11-12(8-14(13)18-10)16-6-5-15-11/h3-8,17-18H,1-2H2. The Morgan fingerprint density at radius 3 is 1.78 bits per heavy atom. The van der Waals surface area contributed by atoms with Crippen molar-refractivity contribution in [2.75, 3.05) is 10.6 Å². The minimum Gasteiger partial charge on any atom is -0.352 e. The van der Waals surface area contributed by atoms with Crippen LogP contribution in [0.15, 0.2) is 48.1 Å². The van der Waals surface area contributed by atoms with Crippen LogP contribution in [0, 0.1) is 0 Å². The van der Waals surface area contributed by atoms with Gasteiger partial charge in [-0.25, -0.2) is 0 Å². The first kappa shape index (κ1) is 9.65. The SMILES string of the molecule is C1=C2Nc3cc4nccnc4cc3NC2=CCC1. The summed E-state index contributed by atoms with van der Waals surface area (Å²) in [5, 5.41) is 6.91. The summed E-state index contributed by atoms with van der Waals surface area (Å²) in [6.45, 7) is 0. The molecule has 1 aromatic carbocycles.